The van der Waals surface area contributed by atoms with Gasteiger partial charge in [0, 0.05) is 11.4 Å². The van der Waals surface area contributed by atoms with Crippen LogP contribution < -0.4 is 10.5 Å². The highest BCUT2D eigenvalue weighted by atomic mass is 32.1. The standard InChI is InChI=1S/C14H15F3N2OS/c1-8-9(2)21-13(19-8)7-20-12-4-3-10(6-18)5-11(12)14(15,16)17/h3-5H,6-7,18H2,1-2H3. The molecule has 0 saturated carbocycles. The molecular weight excluding hydrogens is 301 g/mol. The molecule has 0 aliphatic heterocycles. The minimum Gasteiger partial charge on any atom is -0.486 e. The van der Waals surface area contributed by atoms with Crippen LogP contribution in [-0.4, -0.2) is 4.98 Å². The summed E-state index contributed by atoms with van der Waals surface area (Å²) in [5, 5.41) is 0.654. The molecule has 0 fully saturated rings. The van der Waals surface area contributed by atoms with E-state index in [2.05, 4.69) is 4.98 Å². The topological polar surface area (TPSA) is 48.1 Å². The summed E-state index contributed by atoms with van der Waals surface area (Å²) in [4.78, 5) is 5.27. The summed E-state index contributed by atoms with van der Waals surface area (Å²) >= 11 is 1.42. The van der Waals surface area contributed by atoms with E-state index in [4.69, 9.17) is 10.5 Å². The van der Waals surface area contributed by atoms with Crippen molar-refractivity contribution in [3.63, 3.8) is 0 Å². The fourth-order valence-electron chi connectivity index (χ4n) is 1.79. The van der Waals surface area contributed by atoms with Gasteiger partial charge in [0.15, 0.2) is 0 Å². The smallest absolute Gasteiger partial charge is 0.419 e. The molecule has 2 N–H and O–H groups in total. The summed E-state index contributed by atoms with van der Waals surface area (Å²) in [6.07, 6.45) is -4.48. The first kappa shape index (κ1) is 15.8. The average Bonchev–Trinajstić information content (AvgIpc) is 2.74. The molecule has 3 nitrogen and oxygen atoms in total. The minimum absolute atomic E-state index is 0.0183. The molecule has 0 unspecified atom stereocenters. The Kier molecular flexibility index (Phi) is 4.53. The lowest BCUT2D eigenvalue weighted by Gasteiger charge is -2.14. The monoisotopic (exact) mass is 316 g/mol. The van der Waals surface area contributed by atoms with Crippen molar-refractivity contribution in [1.82, 2.24) is 4.98 Å². The molecule has 0 amide bonds. The molecule has 2 aromatic rings. The minimum atomic E-state index is -4.48. The highest BCUT2D eigenvalue weighted by molar-refractivity contribution is 7.11. The fourth-order valence-corrected chi connectivity index (χ4v) is 2.64. The van der Waals surface area contributed by atoms with Crippen molar-refractivity contribution >= 4 is 11.3 Å². The van der Waals surface area contributed by atoms with Gasteiger partial charge < -0.3 is 10.5 Å². The van der Waals surface area contributed by atoms with Gasteiger partial charge in [0.05, 0.1) is 11.3 Å². The summed E-state index contributed by atoms with van der Waals surface area (Å²) in [6.45, 7) is 3.83. The van der Waals surface area contributed by atoms with E-state index >= 15 is 0 Å². The van der Waals surface area contributed by atoms with E-state index in [1.54, 1.807) is 0 Å². The van der Waals surface area contributed by atoms with Crippen molar-refractivity contribution in [3.05, 3.63) is 44.9 Å². The van der Waals surface area contributed by atoms with E-state index in [0.29, 0.717) is 10.6 Å². The molecule has 1 aromatic heterocycles. The van der Waals surface area contributed by atoms with Gasteiger partial charge in [0.25, 0.3) is 0 Å². The SMILES string of the molecule is Cc1nc(COc2ccc(CN)cc2C(F)(F)F)sc1C. The second-order valence-corrected chi connectivity index (χ2v) is 5.86. The number of thiazole rings is 1. The van der Waals surface area contributed by atoms with Gasteiger partial charge in [-0.05, 0) is 31.5 Å². The molecule has 2 rings (SSSR count). The Bertz CT molecular complexity index is 618. The third-order valence-corrected chi connectivity index (χ3v) is 4.06. The van der Waals surface area contributed by atoms with E-state index < -0.39 is 11.7 Å². The zero-order valence-electron chi connectivity index (χ0n) is 11.6. The molecule has 0 atom stereocenters. The van der Waals surface area contributed by atoms with Crippen LogP contribution in [0.1, 0.15) is 26.7 Å². The number of nitrogens with zero attached hydrogens (tertiary/aromatic N) is 1. The number of aryl methyl sites for hydroxylation is 2. The van der Waals surface area contributed by atoms with Crippen LogP contribution in [0.25, 0.3) is 0 Å². The number of ether oxygens (including phenoxy) is 1. The van der Waals surface area contributed by atoms with Gasteiger partial charge in [0.2, 0.25) is 0 Å². The Hall–Kier alpha value is -1.60. The molecule has 21 heavy (non-hydrogen) atoms. The van der Waals surface area contributed by atoms with Crippen molar-refractivity contribution in [2.75, 3.05) is 0 Å². The van der Waals surface area contributed by atoms with Crippen molar-refractivity contribution in [2.45, 2.75) is 33.2 Å². The van der Waals surface area contributed by atoms with Gasteiger partial charge >= 0.3 is 6.18 Å². The second-order valence-electron chi connectivity index (χ2n) is 4.57. The Morgan fingerprint density at radius 2 is 2.00 bits per heavy atom. The molecule has 114 valence electrons. The van der Waals surface area contributed by atoms with Crippen LogP contribution in [0.3, 0.4) is 0 Å². The predicted molar refractivity (Wildman–Crippen MR) is 75.3 cm³/mol. The number of benzene rings is 1. The Labute approximate surface area is 124 Å². The molecule has 0 bridgehead atoms. The maximum Gasteiger partial charge on any atom is 0.419 e. The molecule has 0 radical (unpaired) electrons. The van der Waals surface area contributed by atoms with Crippen LogP contribution in [0, 0.1) is 13.8 Å². The number of hydrogen-bond acceptors (Lipinski definition) is 4. The number of nitrogens with two attached hydrogens (primary N) is 1. The van der Waals surface area contributed by atoms with E-state index in [-0.39, 0.29) is 18.9 Å². The van der Waals surface area contributed by atoms with Crippen LogP contribution in [0.4, 0.5) is 13.2 Å². The molecule has 0 spiro atoms. The zero-order valence-corrected chi connectivity index (χ0v) is 12.4. The van der Waals surface area contributed by atoms with Gasteiger partial charge in [-0.15, -0.1) is 11.3 Å². The summed E-state index contributed by atoms with van der Waals surface area (Å²) < 4.78 is 44.4. The number of rotatable bonds is 4. The van der Waals surface area contributed by atoms with Crippen molar-refractivity contribution in [1.29, 1.82) is 0 Å². The molecular formula is C14H15F3N2OS. The van der Waals surface area contributed by atoms with E-state index in [9.17, 15) is 13.2 Å². The number of halogens is 3. The second kappa shape index (κ2) is 6.03. The van der Waals surface area contributed by atoms with Crippen molar-refractivity contribution in [3.8, 4) is 5.75 Å². The van der Waals surface area contributed by atoms with Crippen LogP contribution in [0.2, 0.25) is 0 Å². The molecule has 0 aliphatic rings. The predicted octanol–water partition coefficient (Wildman–Crippen LogP) is 3.82. The van der Waals surface area contributed by atoms with Crippen molar-refractivity contribution < 1.29 is 17.9 Å². The first-order valence-electron chi connectivity index (χ1n) is 6.27. The van der Waals surface area contributed by atoms with Crippen LogP contribution >= 0.6 is 11.3 Å². The van der Waals surface area contributed by atoms with Gasteiger partial charge in [-0.1, -0.05) is 6.07 Å². The molecule has 7 heteroatoms. The first-order chi connectivity index (χ1) is 9.81. The summed E-state index contributed by atoms with van der Waals surface area (Å²) in [7, 11) is 0. The lowest BCUT2D eigenvalue weighted by molar-refractivity contribution is -0.139. The third-order valence-electron chi connectivity index (χ3n) is 3.01. The number of alkyl halides is 3. The first-order valence-corrected chi connectivity index (χ1v) is 7.09. The van der Waals surface area contributed by atoms with Crippen LogP contribution in [0.15, 0.2) is 18.2 Å². The Morgan fingerprint density at radius 1 is 1.29 bits per heavy atom. The van der Waals surface area contributed by atoms with E-state index in [0.717, 1.165) is 16.6 Å². The van der Waals surface area contributed by atoms with Gasteiger partial charge in [-0.2, -0.15) is 13.2 Å². The van der Waals surface area contributed by atoms with Gasteiger partial charge in [-0.3, -0.25) is 0 Å². The maximum atomic E-state index is 13.0. The Morgan fingerprint density at radius 3 is 2.52 bits per heavy atom. The lowest BCUT2D eigenvalue weighted by Crippen LogP contribution is -2.10. The van der Waals surface area contributed by atoms with Crippen LogP contribution in [0.5, 0.6) is 5.75 Å². The average molecular weight is 316 g/mol. The fraction of sp³-hybridized carbons (Fsp3) is 0.357. The highest BCUT2D eigenvalue weighted by Gasteiger charge is 2.34. The summed E-state index contributed by atoms with van der Waals surface area (Å²) in [5.41, 5.74) is 5.85. The molecule has 1 heterocycles. The molecule has 1 aromatic carbocycles. The normalized spacial score (nSPS) is 11.7. The largest absolute Gasteiger partial charge is 0.486 e. The summed E-state index contributed by atoms with van der Waals surface area (Å²) in [6, 6.07) is 3.86. The molecule has 0 aliphatic carbocycles. The lowest BCUT2D eigenvalue weighted by atomic mass is 10.1. The highest BCUT2D eigenvalue weighted by Crippen LogP contribution is 2.37. The number of hydrogen-bond donors (Lipinski definition) is 1. The van der Waals surface area contributed by atoms with Gasteiger partial charge in [-0.25, -0.2) is 4.98 Å². The maximum absolute atomic E-state index is 13.0. The van der Waals surface area contributed by atoms with Crippen LogP contribution in [-0.2, 0) is 19.3 Å². The molecule has 0 saturated heterocycles. The quantitative estimate of drug-likeness (QED) is 0.933. The Balaban J connectivity index is 2.23. The third kappa shape index (κ3) is 3.74. The summed E-state index contributed by atoms with van der Waals surface area (Å²) in [5.74, 6) is -0.204. The van der Waals surface area contributed by atoms with Crippen molar-refractivity contribution in [2.24, 2.45) is 5.73 Å². The zero-order chi connectivity index (χ0) is 15.6. The number of aromatic nitrogens is 1. The van der Waals surface area contributed by atoms with Gasteiger partial charge in [0.1, 0.15) is 17.4 Å². The van der Waals surface area contributed by atoms with E-state index in [1.807, 2.05) is 13.8 Å². The van der Waals surface area contributed by atoms with E-state index in [1.165, 1.54) is 23.5 Å².